The van der Waals surface area contributed by atoms with Gasteiger partial charge in [0.1, 0.15) is 6.04 Å². The number of hydrogen-bond acceptors (Lipinski definition) is 3. The maximum atomic E-state index is 12.0. The highest BCUT2D eigenvalue weighted by atomic mass is 35.5. The van der Waals surface area contributed by atoms with Crippen LogP contribution in [0.3, 0.4) is 0 Å². The van der Waals surface area contributed by atoms with Crippen molar-refractivity contribution in [2.24, 2.45) is 0 Å². The van der Waals surface area contributed by atoms with E-state index >= 15 is 0 Å². The number of anilines is 2. The third kappa shape index (κ3) is 2.30. The molecule has 0 aliphatic carbocycles. The lowest BCUT2D eigenvalue weighted by Crippen LogP contribution is -2.27. The highest BCUT2D eigenvalue weighted by Gasteiger charge is 2.31. The Morgan fingerprint density at radius 2 is 2.30 bits per heavy atom. The first-order chi connectivity index (χ1) is 9.70. The minimum Gasteiger partial charge on any atom is -0.366 e. The standard InChI is InChI=1S/C15H18ClN3O/c1-2-17-14-10-8-11(16)13(9-12(10)18-15(14)20)19-6-4-3-5-7-19/h3-4,8-9,14,17H,2,5-7H2,1H3,(H,18,20). The Labute approximate surface area is 123 Å². The fraction of sp³-hybridized carbons (Fsp3) is 0.400. The summed E-state index contributed by atoms with van der Waals surface area (Å²) in [6, 6.07) is 3.62. The van der Waals surface area contributed by atoms with Gasteiger partial charge in [0, 0.05) is 24.3 Å². The molecule has 0 aromatic heterocycles. The van der Waals surface area contributed by atoms with Crippen LogP contribution in [0, 0.1) is 0 Å². The molecule has 4 nitrogen and oxygen atoms in total. The first-order valence-electron chi connectivity index (χ1n) is 6.98. The van der Waals surface area contributed by atoms with E-state index in [0.717, 1.165) is 43.0 Å². The topological polar surface area (TPSA) is 44.4 Å². The van der Waals surface area contributed by atoms with Crippen molar-refractivity contribution >= 4 is 28.9 Å². The first kappa shape index (κ1) is 13.5. The Kier molecular flexibility index (Phi) is 3.68. The molecule has 2 heterocycles. The molecule has 1 unspecified atom stereocenters. The Bertz CT molecular complexity index is 570. The van der Waals surface area contributed by atoms with Gasteiger partial charge in [0.25, 0.3) is 0 Å². The van der Waals surface area contributed by atoms with Crippen molar-refractivity contribution in [2.45, 2.75) is 19.4 Å². The van der Waals surface area contributed by atoms with Gasteiger partial charge in [-0.25, -0.2) is 0 Å². The molecular weight excluding hydrogens is 274 g/mol. The van der Waals surface area contributed by atoms with Crippen molar-refractivity contribution in [3.05, 3.63) is 34.9 Å². The van der Waals surface area contributed by atoms with Gasteiger partial charge in [-0.2, -0.15) is 0 Å². The summed E-state index contributed by atoms with van der Waals surface area (Å²) in [6.07, 6.45) is 5.35. The van der Waals surface area contributed by atoms with E-state index in [1.54, 1.807) is 0 Å². The van der Waals surface area contributed by atoms with Crippen molar-refractivity contribution in [1.82, 2.24) is 5.32 Å². The van der Waals surface area contributed by atoms with E-state index in [-0.39, 0.29) is 11.9 Å². The van der Waals surface area contributed by atoms with Gasteiger partial charge in [-0.3, -0.25) is 4.79 Å². The lowest BCUT2D eigenvalue weighted by Gasteiger charge is -2.27. The second-order valence-corrected chi connectivity index (χ2v) is 5.48. The minimum atomic E-state index is -0.289. The largest absolute Gasteiger partial charge is 0.366 e. The smallest absolute Gasteiger partial charge is 0.246 e. The maximum Gasteiger partial charge on any atom is 0.246 e. The molecule has 3 rings (SSSR count). The number of nitrogens with one attached hydrogen (secondary N) is 2. The van der Waals surface area contributed by atoms with E-state index < -0.39 is 0 Å². The second kappa shape index (κ2) is 5.46. The van der Waals surface area contributed by atoms with E-state index in [4.69, 9.17) is 11.6 Å². The van der Waals surface area contributed by atoms with Crippen LogP contribution in [0.5, 0.6) is 0 Å². The zero-order chi connectivity index (χ0) is 14.1. The number of carbonyl (C=O) groups excluding carboxylic acids is 1. The van der Waals surface area contributed by atoms with Crippen LogP contribution in [0.4, 0.5) is 11.4 Å². The number of amides is 1. The monoisotopic (exact) mass is 291 g/mol. The normalized spacial score (nSPS) is 21.0. The average molecular weight is 292 g/mol. The van der Waals surface area contributed by atoms with Crippen molar-refractivity contribution < 1.29 is 4.79 Å². The van der Waals surface area contributed by atoms with E-state index in [1.165, 1.54) is 0 Å². The second-order valence-electron chi connectivity index (χ2n) is 5.08. The number of likely N-dealkylation sites (N-methyl/N-ethyl adjacent to an activating group) is 1. The summed E-state index contributed by atoms with van der Waals surface area (Å²) >= 11 is 6.42. The Morgan fingerprint density at radius 1 is 1.45 bits per heavy atom. The molecule has 0 fully saturated rings. The average Bonchev–Trinajstić information content (AvgIpc) is 2.75. The summed E-state index contributed by atoms with van der Waals surface area (Å²) in [6.45, 7) is 4.55. The third-order valence-corrected chi connectivity index (χ3v) is 4.06. The Hall–Kier alpha value is -1.52. The van der Waals surface area contributed by atoms with Gasteiger partial charge in [0.05, 0.1) is 10.7 Å². The summed E-state index contributed by atoms with van der Waals surface area (Å²) in [7, 11) is 0. The fourth-order valence-electron chi connectivity index (χ4n) is 2.78. The molecule has 1 aromatic carbocycles. The molecule has 1 aromatic rings. The number of nitrogens with zero attached hydrogens (tertiary/aromatic N) is 1. The summed E-state index contributed by atoms with van der Waals surface area (Å²) in [5.74, 6) is -0.00592. The van der Waals surface area contributed by atoms with Gasteiger partial charge in [0.15, 0.2) is 0 Å². The van der Waals surface area contributed by atoms with Crippen molar-refractivity contribution in [1.29, 1.82) is 0 Å². The van der Waals surface area contributed by atoms with Crippen LogP contribution in [0.25, 0.3) is 0 Å². The molecular formula is C15H18ClN3O. The molecule has 0 radical (unpaired) electrons. The fourth-order valence-corrected chi connectivity index (χ4v) is 3.07. The van der Waals surface area contributed by atoms with Gasteiger partial charge in [0.2, 0.25) is 5.91 Å². The van der Waals surface area contributed by atoms with Crippen molar-refractivity contribution in [3.63, 3.8) is 0 Å². The Morgan fingerprint density at radius 3 is 3.00 bits per heavy atom. The molecule has 0 saturated carbocycles. The zero-order valence-electron chi connectivity index (χ0n) is 11.4. The predicted molar refractivity (Wildman–Crippen MR) is 82.5 cm³/mol. The van der Waals surface area contributed by atoms with E-state index in [2.05, 4.69) is 27.7 Å². The molecule has 106 valence electrons. The molecule has 5 heteroatoms. The summed E-state index contributed by atoms with van der Waals surface area (Å²) in [4.78, 5) is 14.2. The molecule has 1 amide bonds. The number of rotatable bonds is 3. The first-order valence-corrected chi connectivity index (χ1v) is 7.36. The molecule has 2 aliphatic rings. The quantitative estimate of drug-likeness (QED) is 0.842. The van der Waals surface area contributed by atoms with Gasteiger partial charge < -0.3 is 15.5 Å². The van der Waals surface area contributed by atoms with Crippen LogP contribution in [0.2, 0.25) is 5.02 Å². The molecule has 2 N–H and O–H groups in total. The minimum absolute atomic E-state index is 0.00592. The van der Waals surface area contributed by atoms with Crippen LogP contribution in [-0.2, 0) is 4.79 Å². The summed E-state index contributed by atoms with van der Waals surface area (Å²) in [5, 5.41) is 6.82. The molecule has 2 aliphatic heterocycles. The van der Waals surface area contributed by atoms with Gasteiger partial charge in [-0.1, -0.05) is 30.7 Å². The maximum absolute atomic E-state index is 12.0. The highest BCUT2D eigenvalue weighted by molar-refractivity contribution is 6.33. The van der Waals surface area contributed by atoms with E-state index in [1.807, 2.05) is 19.1 Å². The van der Waals surface area contributed by atoms with Crippen molar-refractivity contribution in [2.75, 3.05) is 29.9 Å². The predicted octanol–water partition coefficient (Wildman–Crippen LogP) is 2.71. The van der Waals surface area contributed by atoms with Gasteiger partial charge in [-0.15, -0.1) is 0 Å². The lowest BCUT2D eigenvalue weighted by atomic mass is 10.1. The van der Waals surface area contributed by atoms with Crippen LogP contribution in [0.15, 0.2) is 24.3 Å². The molecule has 0 spiro atoms. The summed E-state index contributed by atoms with van der Waals surface area (Å²) < 4.78 is 0. The van der Waals surface area contributed by atoms with Gasteiger partial charge >= 0.3 is 0 Å². The van der Waals surface area contributed by atoms with Crippen LogP contribution in [0.1, 0.15) is 24.9 Å². The van der Waals surface area contributed by atoms with Crippen LogP contribution >= 0.6 is 11.6 Å². The van der Waals surface area contributed by atoms with Gasteiger partial charge in [-0.05, 0) is 25.1 Å². The SMILES string of the molecule is CCNC1C(=O)Nc2cc(N3CC=CCC3)c(Cl)cc21. The third-order valence-electron chi connectivity index (χ3n) is 3.76. The van der Waals surface area contributed by atoms with Crippen LogP contribution in [-0.4, -0.2) is 25.5 Å². The summed E-state index contributed by atoms with van der Waals surface area (Å²) in [5.41, 5.74) is 2.81. The lowest BCUT2D eigenvalue weighted by molar-refractivity contribution is -0.117. The van der Waals surface area contributed by atoms with E-state index in [9.17, 15) is 4.79 Å². The highest BCUT2D eigenvalue weighted by Crippen LogP contribution is 2.39. The molecule has 0 bridgehead atoms. The zero-order valence-corrected chi connectivity index (χ0v) is 12.2. The number of halogens is 1. The molecule has 0 saturated heterocycles. The van der Waals surface area contributed by atoms with Crippen LogP contribution < -0.4 is 15.5 Å². The number of carbonyl (C=O) groups is 1. The molecule has 20 heavy (non-hydrogen) atoms. The number of hydrogen-bond donors (Lipinski definition) is 2. The van der Waals surface area contributed by atoms with Crippen molar-refractivity contribution in [3.8, 4) is 0 Å². The number of fused-ring (bicyclic) bond motifs is 1. The Balaban J connectivity index is 1.95. The molecule has 1 atom stereocenters. The number of benzene rings is 1. The van der Waals surface area contributed by atoms with E-state index in [0.29, 0.717) is 5.02 Å².